The standard InChI is InChI=1S/C19H30N2O2/c1-14(2)12-16(20)18(22)21-13-19(10-6-7-11-19)15-8-4-5-9-17(15)23-3/h4-5,8-9,14,16H,6-7,10-13,20H2,1-3H3,(H,21,22)/t16-/m0/s1. The highest BCUT2D eigenvalue weighted by molar-refractivity contribution is 5.81. The molecule has 0 aliphatic heterocycles. The summed E-state index contributed by atoms with van der Waals surface area (Å²) in [5, 5.41) is 3.10. The van der Waals surface area contributed by atoms with Crippen molar-refractivity contribution in [2.45, 2.75) is 57.4 Å². The molecule has 3 N–H and O–H groups in total. The van der Waals surface area contributed by atoms with Crippen LogP contribution in [0.25, 0.3) is 0 Å². The Morgan fingerprint density at radius 1 is 1.30 bits per heavy atom. The van der Waals surface area contributed by atoms with Crippen LogP contribution in [0.1, 0.15) is 51.5 Å². The lowest BCUT2D eigenvalue weighted by molar-refractivity contribution is -0.123. The van der Waals surface area contributed by atoms with E-state index in [0.29, 0.717) is 18.9 Å². The smallest absolute Gasteiger partial charge is 0.236 e. The maximum atomic E-state index is 12.3. The van der Waals surface area contributed by atoms with Gasteiger partial charge in [0.25, 0.3) is 0 Å². The van der Waals surface area contributed by atoms with Crippen LogP contribution in [0.3, 0.4) is 0 Å². The number of hydrogen-bond donors (Lipinski definition) is 2. The van der Waals surface area contributed by atoms with Gasteiger partial charge in [-0.2, -0.15) is 0 Å². The van der Waals surface area contributed by atoms with Crippen molar-refractivity contribution in [2.75, 3.05) is 13.7 Å². The highest BCUT2D eigenvalue weighted by atomic mass is 16.5. The van der Waals surface area contributed by atoms with Gasteiger partial charge in [-0.15, -0.1) is 0 Å². The summed E-state index contributed by atoms with van der Waals surface area (Å²) in [6.45, 7) is 4.80. The lowest BCUT2D eigenvalue weighted by Gasteiger charge is -2.32. The summed E-state index contributed by atoms with van der Waals surface area (Å²) in [5.74, 6) is 1.29. The average Bonchev–Trinajstić information content (AvgIpc) is 3.02. The number of carbonyl (C=O) groups excluding carboxylic acids is 1. The number of rotatable bonds is 7. The van der Waals surface area contributed by atoms with E-state index in [4.69, 9.17) is 10.5 Å². The molecule has 0 radical (unpaired) electrons. The Labute approximate surface area is 139 Å². The zero-order valence-corrected chi connectivity index (χ0v) is 14.6. The Balaban J connectivity index is 2.11. The second-order valence-electron chi connectivity index (χ2n) is 7.14. The molecule has 1 aromatic rings. The fourth-order valence-electron chi connectivity index (χ4n) is 3.68. The van der Waals surface area contributed by atoms with E-state index in [1.54, 1.807) is 7.11 Å². The lowest BCUT2D eigenvalue weighted by Crippen LogP contribution is -2.46. The van der Waals surface area contributed by atoms with Crippen molar-refractivity contribution in [1.29, 1.82) is 0 Å². The summed E-state index contributed by atoms with van der Waals surface area (Å²) in [7, 11) is 1.71. The van der Waals surface area contributed by atoms with Crippen molar-refractivity contribution < 1.29 is 9.53 Å². The number of nitrogens with one attached hydrogen (secondary N) is 1. The summed E-state index contributed by atoms with van der Waals surface area (Å²) >= 11 is 0. The third kappa shape index (κ3) is 4.25. The maximum absolute atomic E-state index is 12.3. The summed E-state index contributed by atoms with van der Waals surface area (Å²) in [6, 6.07) is 7.74. The number of methoxy groups -OCH3 is 1. The minimum absolute atomic E-state index is 0.0280. The number of amides is 1. The number of ether oxygens (including phenoxy) is 1. The Morgan fingerprint density at radius 2 is 1.96 bits per heavy atom. The maximum Gasteiger partial charge on any atom is 0.236 e. The molecule has 0 unspecified atom stereocenters. The van der Waals surface area contributed by atoms with Gasteiger partial charge in [-0.25, -0.2) is 0 Å². The van der Waals surface area contributed by atoms with Crippen LogP contribution < -0.4 is 15.8 Å². The summed E-state index contributed by atoms with van der Waals surface area (Å²) in [6.07, 6.45) is 5.24. The van der Waals surface area contributed by atoms with Crippen LogP contribution in [-0.4, -0.2) is 25.6 Å². The van der Waals surface area contributed by atoms with E-state index >= 15 is 0 Å². The third-order valence-electron chi connectivity index (χ3n) is 4.90. The van der Waals surface area contributed by atoms with E-state index in [2.05, 4.69) is 25.2 Å². The van der Waals surface area contributed by atoms with Crippen LogP contribution >= 0.6 is 0 Å². The normalized spacial score (nSPS) is 18.0. The molecule has 128 valence electrons. The van der Waals surface area contributed by atoms with Crippen LogP contribution in [-0.2, 0) is 10.2 Å². The minimum atomic E-state index is -0.425. The zero-order chi connectivity index (χ0) is 16.9. The molecule has 0 spiro atoms. The highest BCUT2D eigenvalue weighted by Crippen LogP contribution is 2.44. The molecule has 0 heterocycles. The van der Waals surface area contributed by atoms with E-state index in [-0.39, 0.29) is 11.3 Å². The predicted molar refractivity (Wildman–Crippen MR) is 93.6 cm³/mol. The molecule has 1 fully saturated rings. The average molecular weight is 318 g/mol. The Bertz CT molecular complexity index is 522. The molecule has 4 heteroatoms. The van der Waals surface area contributed by atoms with Crippen molar-refractivity contribution in [1.82, 2.24) is 5.32 Å². The lowest BCUT2D eigenvalue weighted by atomic mass is 9.78. The van der Waals surface area contributed by atoms with Crippen molar-refractivity contribution >= 4 is 5.91 Å². The predicted octanol–water partition coefficient (Wildman–Crippen LogP) is 3.00. The molecule has 0 aromatic heterocycles. The topological polar surface area (TPSA) is 64.3 Å². The van der Waals surface area contributed by atoms with Crippen LogP contribution in [0.5, 0.6) is 5.75 Å². The molecule has 1 aromatic carbocycles. The quantitative estimate of drug-likeness (QED) is 0.812. The first-order chi connectivity index (χ1) is 11.0. The molecule has 1 saturated carbocycles. The molecule has 1 aliphatic rings. The van der Waals surface area contributed by atoms with Crippen LogP contribution in [0, 0.1) is 5.92 Å². The van der Waals surface area contributed by atoms with Gasteiger partial charge in [0.2, 0.25) is 5.91 Å². The molecule has 2 rings (SSSR count). The number of para-hydroxylation sites is 1. The van der Waals surface area contributed by atoms with Gasteiger partial charge in [0.1, 0.15) is 5.75 Å². The van der Waals surface area contributed by atoms with Crippen LogP contribution in [0.15, 0.2) is 24.3 Å². The first-order valence-electron chi connectivity index (χ1n) is 8.65. The van der Waals surface area contributed by atoms with E-state index in [9.17, 15) is 4.79 Å². The number of benzene rings is 1. The first-order valence-corrected chi connectivity index (χ1v) is 8.65. The largest absolute Gasteiger partial charge is 0.496 e. The summed E-state index contributed by atoms with van der Waals surface area (Å²) < 4.78 is 5.55. The zero-order valence-electron chi connectivity index (χ0n) is 14.6. The first kappa shape index (κ1) is 17.8. The van der Waals surface area contributed by atoms with Crippen LogP contribution in [0.2, 0.25) is 0 Å². The molecule has 23 heavy (non-hydrogen) atoms. The molecular weight excluding hydrogens is 288 g/mol. The Morgan fingerprint density at radius 3 is 2.57 bits per heavy atom. The van der Waals surface area contributed by atoms with Gasteiger partial charge in [0.15, 0.2) is 0 Å². The van der Waals surface area contributed by atoms with Gasteiger partial charge >= 0.3 is 0 Å². The van der Waals surface area contributed by atoms with E-state index in [0.717, 1.165) is 18.6 Å². The van der Waals surface area contributed by atoms with Crippen molar-refractivity contribution in [3.63, 3.8) is 0 Å². The fourth-order valence-corrected chi connectivity index (χ4v) is 3.68. The molecule has 0 bridgehead atoms. The number of hydrogen-bond acceptors (Lipinski definition) is 3. The third-order valence-corrected chi connectivity index (χ3v) is 4.90. The second kappa shape index (κ2) is 7.82. The molecule has 4 nitrogen and oxygen atoms in total. The van der Waals surface area contributed by atoms with E-state index in [1.807, 2.05) is 18.2 Å². The molecule has 1 amide bonds. The van der Waals surface area contributed by atoms with Crippen molar-refractivity contribution in [2.24, 2.45) is 11.7 Å². The molecule has 0 saturated heterocycles. The van der Waals surface area contributed by atoms with Gasteiger partial charge in [0, 0.05) is 17.5 Å². The molecular formula is C19H30N2O2. The SMILES string of the molecule is COc1ccccc1C1(CNC(=O)[C@@H](N)CC(C)C)CCCC1. The molecule has 1 aliphatic carbocycles. The van der Waals surface area contributed by atoms with Gasteiger partial charge in [0.05, 0.1) is 13.2 Å². The monoisotopic (exact) mass is 318 g/mol. The molecule has 1 atom stereocenters. The van der Waals surface area contributed by atoms with E-state index in [1.165, 1.54) is 18.4 Å². The van der Waals surface area contributed by atoms with Gasteiger partial charge < -0.3 is 15.8 Å². The summed E-state index contributed by atoms with van der Waals surface area (Å²) in [4.78, 5) is 12.3. The van der Waals surface area contributed by atoms with E-state index < -0.39 is 6.04 Å². The highest BCUT2D eigenvalue weighted by Gasteiger charge is 2.38. The van der Waals surface area contributed by atoms with Crippen molar-refractivity contribution in [3.8, 4) is 5.75 Å². The Hall–Kier alpha value is -1.55. The summed E-state index contributed by atoms with van der Waals surface area (Å²) in [5.41, 5.74) is 7.18. The van der Waals surface area contributed by atoms with Gasteiger partial charge in [-0.05, 0) is 31.2 Å². The van der Waals surface area contributed by atoms with Gasteiger partial charge in [-0.1, -0.05) is 44.9 Å². The van der Waals surface area contributed by atoms with Crippen molar-refractivity contribution in [3.05, 3.63) is 29.8 Å². The number of nitrogens with two attached hydrogens (primary N) is 1. The fraction of sp³-hybridized carbons (Fsp3) is 0.632. The number of carbonyl (C=O) groups is 1. The minimum Gasteiger partial charge on any atom is -0.496 e. The van der Waals surface area contributed by atoms with Crippen LogP contribution in [0.4, 0.5) is 0 Å². The second-order valence-corrected chi connectivity index (χ2v) is 7.14. The Kier molecular flexibility index (Phi) is 6.05. The van der Waals surface area contributed by atoms with Gasteiger partial charge in [-0.3, -0.25) is 4.79 Å².